The molecule has 0 aromatic heterocycles. The van der Waals surface area contributed by atoms with Gasteiger partial charge in [-0.05, 0) is 57.7 Å². The maximum atomic E-state index is 12.7. The van der Waals surface area contributed by atoms with Gasteiger partial charge in [0.25, 0.3) is 0 Å². The molecule has 19 heavy (non-hydrogen) atoms. The molecular weight excluding hydrogens is 238 g/mol. The summed E-state index contributed by atoms with van der Waals surface area (Å²) < 4.78 is 0. The van der Waals surface area contributed by atoms with E-state index < -0.39 is 0 Å². The molecule has 0 bridgehead atoms. The fourth-order valence-electron chi connectivity index (χ4n) is 3.43. The highest BCUT2D eigenvalue weighted by Gasteiger charge is 2.42. The van der Waals surface area contributed by atoms with Crippen LogP contribution in [0.2, 0.25) is 0 Å². The minimum absolute atomic E-state index is 0.242. The molecule has 110 valence electrons. The molecule has 2 N–H and O–H groups in total. The Balaban J connectivity index is 1.85. The Labute approximate surface area is 117 Å². The van der Waals surface area contributed by atoms with E-state index in [1.165, 1.54) is 0 Å². The molecule has 0 aromatic rings. The summed E-state index contributed by atoms with van der Waals surface area (Å²) in [5, 5.41) is 6.88. The second-order valence-corrected chi connectivity index (χ2v) is 6.01. The van der Waals surface area contributed by atoms with Gasteiger partial charge in [-0.15, -0.1) is 0 Å². The van der Waals surface area contributed by atoms with Crippen molar-refractivity contribution in [3.8, 4) is 0 Å². The number of carbonyl (C=O) groups excluding carboxylic acids is 1. The summed E-state index contributed by atoms with van der Waals surface area (Å²) in [5.74, 6) is 1.10. The monoisotopic (exact) mass is 267 g/mol. The molecule has 0 aliphatic carbocycles. The van der Waals surface area contributed by atoms with Gasteiger partial charge >= 0.3 is 0 Å². The van der Waals surface area contributed by atoms with Crippen LogP contribution < -0.4 is 10.6 Å². The molecule has 1 amide bonds. The van der Waals surface area contributed by atoms with E-state index in [0.29, 0.717) is 5.91 Å². The van der Waals surface area contributed by atoms with Crippen LogP contribution >= 0.6 is 0 Å². The van der Waals surface area contributed by atoms with Crippen molar-refractivity contribution in [1.29, 1.82) is 0 Å². The maximum absolute atomic E-state index is 12.7. The van der Waals surface area contributed by atoms with E-state index in [0.717, 1.165) is 70.7 Å². The largest absolute Gasteiger partial charge is 0.341 e. The highest BCUT2D eigenvalue weighted by atomic mass is 16.2. The van der Waals surface area contributed by atoms with Gasteiger partial charge in [-0.1, -0.05) is 13.8 Å². The number of likely N-dealkylation sites (tertiary alicyclic amines) is 1. The second-order valence-electron chi connectivity index (χ2n) is 6.01. The molecule has 2 fully saturated rings. The van der Waals surface area contributed by atoms with Crippen molar-refractivity contribution in [1.82, 2.24) is 15.5 Å². The lowest BCUT2D eigenvalue weighted by Gasteiger charge is -2.38. The van der Waals surface area contributed by atoms with Crippen molar-refractivity contribution < 1.29 is 4.79 Å². The van der Waals surface area contributed by atoms with E-state index in [2.05, 4.69) is 29.4 Å². The normalized spacial score (nSPS) is 28.8. The summed E-state index contributed by atoms with van der Waals surface area (Å²) in [6.45, 7) is 9.31. The van der Waals surface area contributed by atoms with Crippen molar-refractivity contribution >= 4 is 5.91 Å². The van der Waals surface area contributed by atoms with Crippen molar-refractivity contribution in [3.63, 3.8) is 0 Å². The first-order valence-corrected chi connectivity index (χ1v) is 7.97. The summed E-state index contributed by atoms with van der Waals surface area (Å²) >= 11 is 0. The van der Waals surface area contributed by atoms with Crippen LogP contribution in [0.25, 0.3) is 0 Å². The predicted molar refractivity (Wildman–Crippen MR) is 78.1 cm³/mol. The number of piperidine rings is 1. The van der Waals surface area contributed by atoms with Gasteiger partial charge in [-0.3, -0.25) is 4.79 Å². The highest BCUT2D eigenvalue weighted by Crippen LogP contribution is 2.27. The number of nitrogens with zero attached hydrogens (tertiary/aromatic N) is 1. The van der Waals surface area contributed by atoms with Crippen LogP contribution in [-0.4, -0.2) is 49.1 Å². The van der Waals surface area contributed by atoms with Crippen LogP contribution in [0.3, 0.4) is 0 Å². The van der Waals surface area contributed by atoms with Gasteiger partial charge in [0.15, 0.2) is 0 Å². The predicted octanol–water partition coefficient (Wildman–Crippen LogP) is 1.37. The fourth-order valence-corrected chi connectivity index (χ4v) is 3.43. The number of amides is 1. The third kappa shape index (κ3) is 3.29. The minimum Gasteiger partial charge on any atom is -0.341 e. The van der Waals surface area contributed by atoms with Crippen molar-refractivity contribution in [2.75, 3.05) is 32.7 Å². The number of hydrogen-bond acceptors (Lipinski definition) is 3. The van der Waals surface area contributed by atoms with Crippen LogP contribution in [0.1, 0.15) is 46.0 Å². The molecule has 0 spiro atoms. The van der Waals surface area contributed by atoms with Crippen LogP contribution in [0.15, 0.2) is 0 Å². The number of rotatable bonds is 5. The summed E-state index contributed by atoms with van der Waals surface area (Å²) in [5.41, 5.74) is -0.242. The summed E-state index contributed by atoms with van der Waals surface area (Å²) in [7, 11) is 0. The highest BCUT2D eigenvalue weighted by molar-refractivity contribution is 5.86. The van der Waals surface area contributed by atoms with Gasteiger partial charge in [-0.2, -0.15) is 0 Å². The Bertz CT molecular complexity index is 292. The second kappa shape index (κ2) is 6.71. The van der Waals surface area contributed by atoms with E-state index in [4.69, 9.17) is 0 Å². The average molecular weight is 267 g/mol. The van der Waals surface area contributed by atoms with Crippen LogP contribution in [0.4, 0.5) is 0 Å². The van der Waals surface area contributed by atoms with Gasteiger partial charge in [0.2, 0.25) is 5.91 Å². The molecule has 1 unspecified atom stereocenters. The third-order valence-electron chi connectivity index (χ3n) is 4.84. The zero-order chi connectivity index (χ0) is 13.7. The Morgan fingerprint density at radius 2 is 2.11 bits per heavy atom. The summed E-state index contributed by atoms with van der Waals surface area (Å²) in [6.07, 6.45) is 5.37. The van der Waals surface area contributed by atoms with Gasteiger partial charge in [0, 0.05) is 13.1 Å². The zero-order valence-corrected chi connectivity index (χ0v) is 12.5. The average Bonchev–Trinajstić information content (AvgIpc) is 2.95. The van der Waals surface area contributed by atoms with E-state index in [-0.39, 0.29) is 5.54 Å². The molecule has 1 atom stereocenters. The Kier molecular flexibility index (Phi) is 5.22. The first kappa shape index (κ1) is 14.8. The number of hydrogen-bond donors (Lipinski definition) is 2. The number of carbonyl (C=O) groups is 1. The number of nitrogens with one attached hydrogen (secondary N) is 2. The van der Waals surface area contributed by atoms with E-state index >= 15 is 0 Å². The molecule has 0 aromatic carbocycles. The van der Waals surface area contributed by atoms with E-state index in [9.17, 15) is 4.79 Å². The fraction of sp³-hybridized carbons (Fsp3) is 0.933. The first-order valence-electron chi connectivity index (χ1n) is 7.97. The van der Waals surface area contributed by atoms with Crippen LogP contribution in [0, 0.1) is 5.92 Å². The standard InChI is InChI=1S/C15H29N3O/c1-3-15(8-5-9-17-15)14(19)18-10-6-13(7-11-18)12-16-4-2/h13,16-17H,3-12H2,1-2H3. The molecule has 0 saturated carbocycles. The summed E-state index contributed by atoms with van der Waals surface area (Å²) in [6, 6.07) is 0. The van der Waals surface area contributed by atoms with E-state index in [1.54, 1.807) is 0 Å². The topological polar surface area (TPSA) is 44.4 Å². The Morgan fingerprint density at radius 1 is 1.37 bits per heavy atom. The first-order chi connectivity index (χ1) is 9.22. The molecule has 2 aliphatic heterocycles. The molecule has 4 nitrogen and oxygen atoms in total. The van der Waals surface area contributed by atoms with Gasteiger partial charge < -0.3 is 15.5 Å². The molecule has 2 saturated heterocycles. The Hall–Kier alpha value is -0.610. The summed E-state index contributed by atoms with van der Waals surface area (Å²) in [4.78, 5) is 14.8. The van der Waals surface area contributed by atoms with Gasteiger partial charge in [-0.25, -0.2) is 0 Å². The Morgan fingerprint density at radius 3 is 2.63 bits per heavy atom. The minimum atomic E-state index is -0.242. The molecule has 2 heterocycles. The van der Waals surface area contributed by atoms with Crippen molar-refractivity contribution in [3.05, 3.63) is 0 Å². The molecule has 2 aliphatic rings. The van der Waals surface area contributed by atoms with Crippen molar-refractivity contribution in [2.45, 2.75) is 51.5 Å². The SMILES string of the molecule is CCNCC1CCN(C(=O)C2(CC)CCCN2)CC1. The molecule has 4 heteroatoms. The molecular formula is C15H29N3O. The smallest absolute Gasteiger partial charge is 0.242 e. The quantitative estimate of drug-likeness (QED) is 0.791. The lowest BCUT2D eigenvalue weighted by molar-refractivity contribution is -0.139. The van der Waals surface area contributed by atoms with Gasteiger partial charge in [0.05, 0.1) is 5.54 Å². The lowest BCUT2D eigenvalue weighted by atomic mass is 9.90. The molecule has 2 rings (SSSR count). The van der Waals surface area contributed by atoms with Crippen molar-refractivity contribution in [2.24, 2.45) is 5.92 Å². The van der Waals surface area contributed by atoms with Gasteiger partial charge in [0.1, 0.15) is 0 Å². The third-order valence-corrected chi connectivity index (χ3v) is 4.84. The zero-order valence-electron chi connectivity index (χ0n) is 12.5. The molecule has 0 radical (unpaired) electrons. The van der Waals surface area contributed by atoms with E-state index in [1.807, 2.05) is 0 Å². The van der Waals surface area contributed by atoms with Crippen LogP contribution in [-0.2, 0) is 4.79 Å². The maximum Gasteiger partial charge on any atom is 0.242 e. The van der Waals surface area contributed by atoms with Crippen LogP contribution in [0.5, 0.6) is 0 Å². The lowest BCUT2D eigenvalue weighted by Crippen LogP contribution is -2.56.